The van der Waals surface area contributed by atoms with Crippen LogP contribution in [-0.4, -0.2) is 15.7 Å². The number of aryl methyl sites for hydroxylation is 2. The molecule has 1 amide bonds. The van der Waals surface area contributed by atoms with Crippen LogP contribution in [0.4, 0.5) is 10.2 Å². The van der Waals surface area contributed by atoms with Gasteiger partial charge in [-0.3, -0.25) is 9.48 Å². The lowest BCUT2D eigenvalue weighted by Crippen LogP contribution is -2.14. The number of benzene rings is 2. The third-order valence-corrected chi connectivity index (χ3v) is 4.46. The minimum Gasteiger partial charge on any atom is -0.304 e. The predicted molar refractivity (Wildman–Crippen MR) is 99.3 cm³/mol. The number of hydrogen-bond acceptors (Lipinski definition) is 2. The topological polar surface area (TPSA) is 46.9 Å². The molecular formula is C19H17BrFN3O. The molecule has 6 heteroatoms. The molecule has 0 aliphatic heterocycles. The highest BCUT2D eigenvalue weighted by molar-refractivity contribution is 9.10. The second kappa shape index (κ2) is 7.19. The SMILES string of the molecule is Cc1ccc(C)c(C(=O)Nc2nn(Cc3ccccc3F)cc2Br)c1. The van der Waals surface area contributed by atoms with Gasteiger partial charge in [0.15, 0.2) is 5.82 Å². The van der Waals surface area contributed by atoms with Crippen LogP contribution in [0.3, 0.4) is 0 Å². The summed E-state index contributed by atoms with van der Waals surface area (Å²) in [5.74, 6) is -0.101. The molecule has 2 aromatic carbocycles. The Bertz CT molecular complexity index is 936. The molecule has 1 aromatic heterocycles. The van der Waals surface area contributed by atoms with Crippen molar-refractivity contribution < 1.29 is 9.18 Å². The number of nitrogens with zero attached hydrogens (tertiary/aromatic N) is 2. The van der Waals surface area contributed by atoms with Gasteiger partial charge in [0.2, 0.25) is 0 Å². The second-order valence-electron chi connectivity index (χ2n) is 5.89. The Hall–Kier alpha value is -2.47. The van der Waals surface area contributed by atoms with E-state index in [9.17, 15) is 9.18 Å². The van der Waals surface area contributed by atoms with Gasteiger partial charge in [-0.15, -0.1) is 0 Å². The lowest BCUT2D eigenvalue weighted by Gasteiger charge is -2.07. The lowest BCUT2D eigenvalue weighted by atomic mass is 10.1. The van der Waals surface area contributed by atoms with Crippen LogP contribution in [0.1, 0.15) is 27.0 Å². The summed E-state index contributed by atoms with van der Waals surface area (Å²) in [7, 11) is 0. The van der Waals surface area contributed by atoms with E-state index in [1.807, 2.05) is 32.0 Å². The van der Waals surface area contributed by atoms with Crippen molar-refractivity contribution in [3.8, 4) is 0 Å². The summed E-state index contributed by atoms with van der Waals surface area (Å²) in [6, 6.07) is 12.3. The molecule has 0 unspecified atom stereocenters. The van der Waals surface area contributed by atoms with Gasteiger partial charge in [-0.2, -0.15) is 5.10 Å². The average molecular weight is 402 g/mol. The first-order valence-corrected chi connectivity index (χ1v) is 8.58. The van der Waals surface area contributed by atoms with Gasteiger partial charge >= 0.3 is 0 Å². The fraction of sp³-hybridized carbons (Fsp3) is 0.158. The third-order valence-electron chi connectivity index (χ3n) is 3.88. The molecule has 0 radical (unpaired) electrons. The van der Waals surface area contributed by atoms with E-state index in [-0.39, 0.29) is 18.3 Å². The predicted octanol–water partition coefficient (Wildman–Crippen LogP) is 4.70. The van der Waals surface area contributed by atoms with Crippen molar-refractivity contribution >= 4 is 27.7 Å². The van der Waals surface area contributed by atoms with E-state index in [1.165, 1.54) is 6.07 Å². The van der Waals surface area contributed by atoms with Crippen LogP contribution in [0.2, 0.25) is 0 Å². The van der Waals surface area contributed by atoms with E-state index in [4.69, 9.17) is 0 Å². The number of rotatable bonds is 4. The van der Waals surface area contributed by atoms with Gasteiger partial charge in [0, 0.05) is 17.3 Å². The van der Waals surface area contributed by atoms with E-state index in [1.54, 1.807) is 29.1 Å². The van der Waals surface area contributed by atoms with Crippen LogP contribution in [0.15, 0.2) is 53.1 Å². The summed E-state index contributed by atoms with van der Waals surface area (Å²) in [4.78, 5) is 12.5. The fourth-order valence-corrected chi connectivity index (χ4v) is 2.93. The zero-order chi connectivity index (χ0) is 18.0. The number of carbonyl (C=O) groups is 1. The fourth-order valence-electron chi connectivity index (χ4n) is 2.52. The van der Waals surface area contributed by atoms with Gasteiger partial charge in [-0.1, -0.05) is 35.9 Å². The summed E-state index contributed by atoms with van der Waals surface area (Å²) in [5.41, 5.74) is 3.05. The van der Waals surface area contributed by atoms with Gasteiger partial charge in [-0.25, -0.2) is 4.39 Å². The van der Waals surface area contributed by atoms with E-state index < -0.39 is 0 Å². The number of amides is 1. The van der Waals surface area contributed by atoms with Crippen LogP contribution in [0.5, 0.6) is 0 Å². The molecule has 0 spiro atoms. The molecule has 1 N–H and O–H groups in total. The number of halogens is 2. The quantitative estimate of drug-likeness (QED) is 0.688. The van der Waals surface area contributed by atoms with Crippen molar-refractivity contribution in [2.75, 3.05) is 5.32 Å². The maximum Gasteiger partial charge on any atom is 0.257 e. The molecule has 0 bridgehead atoms. The van der Waals surface area contributed by atoms with Gasteiger partial charge in [-0.05, 0) is 47.5 Å². The van der Waals surface area contributed by atoms with Crippen molar-refractivity contribution in [2.45, 2.75) is 20.4 Å². The number of nitrogens with one attached hydrogen (secondary N) is 1. The molecule has 0 atom stereocenters. The van der Waals surface area contributed by atoms with Crippen molar-refractivity contribution in [2.24, 2.45) is 0 Å². The molecule has 0 saturated carbocycles. The number of hydrogen-bond donors (Lipinski definition) is 1. The molecule has 25 heavy (non-hydrogen) atoms. The molecule has 3 rings (SSSR count). The first-order chi connectivity index (χ1) is 11.9. The molecular weight excluding hydrogens is 385 g/mol. The first-order valence-electron chi connectivity index (χ1n) is 7.79. The Kier molecular flexibility index (Phi) is 4.99. The average Bonchev–Trinajstić information content (AvgIpc) is 2.91. The summed E-state index contributed by atoms with van der Waals surface area (Å²) in [6.07, 6.45) is 1.71. The van der Waals surface area contributed by atoms with Crippen LogP contribution in [0, 0.1) is 19.7 Å². The van der Waals surface area contributed by atoms with Gasteiger partial charge in [0.05, 0.1) is 11.0 Å². The monoisotopic (exact) mass is 401 g/mol. The Labute approximate surface area is 153 Å². The molecule has 0 fully saturated rings. The van der Waals surface area contributed by atoms with Crippen LogP contribution < -0.4 is 5.32 Å². The van der Waals surface area contributed by atoms with Crippen molar-refractivity contribution in [3.05, 3.63) is 81.2 Å². The van der Waals surface area contributed by atoms with Crippen molar-refractivity contribution in [1.82, 2.24) is 9.78 Å². The zero-order valence-electron chi connectivity index (χ0n) is 13.9. The van der Waals surface area contributed by atoms with Crippen LogP contribution in [0.25, 0.3) is 0 Å². The Morgan fingerprint density at radius 1 is 1.24 bits per heavy atom. The molecule has 128 valence electrons. The highest BCUT2D eigenvalue weighted by Gasteiger charge is 2.14. The third kappa shape index (κ3) is 3.96. The van der Waals surface area contributed by atoms with E-state index in [2.05, 4.69) is 26.3 Å². The molecule has 0 aliphatic rings. The zero-order valence-corrected chi connectivity index (χ0v) is 15.5. The minimum absolute atomic E-state index is 0.224. The second-order valence-corrected chi connectivity index (χ2v) is 6.74. The molecule has 0 saturated heterocycles. The van der Waals surface area contributed by atoms with E-state index in [0.717, 1.165) is 11.1 Å². The van der Waals surface area contributed by atoms with Gasteiger partial charge in [0.25, 0.3) is 5.91 Å². The summed E-state index contributed by atoms with van der Waals surface area (Å²) >= 11 is 3.39. The summed E-state index contributed by atoms with van der Waals surface area (Å²) < 4.78 is 16.0. The molecule has 1 heterocycles. The Balaban J connectivity index is 1.80. The van der Waals surface area contributed by atoms with Crippen LogP contribution >= 0.6 is 15.9 Å². The summed E-state index contributed by atoms with van der Waals surface area (Å²) in [6.45, 7) is 4.11. The summed E-state index contributed by atoms with van der Waals surface area (Å²) in [5, 5.41) is 7.14. The normalized spacial score (nSPS) is 10.7. The smallest absolute Gasteiger partial charge is 0.257 e. The molecule has 4 nitrogen and oxygen atoms in total. The maximum atomic E-state index is 13.8. The Morgan fingerprint density at radius 3 is 2.76 bits per heavy atom. The number of anilines is 1. The van der Waals surface area contributed by atoms with Crippen LogP contribution in [-0.2, 0) is 6.54 Å². The van der Waals surface area contributed by atoms with E-state index >= 15 is 0 Å². The first kappa shape index (κ1) is 17.4. The Morgan fingerprint density at radius 2 is 2.00 bits per heavy atom. The largest absolute Gasteiger partial charge is 0.304 e. The maximum absolute atomic E-state index is 13.8. The number of carbonyl (C=O) groups excluding carboxylic acids is 1. The van der Waals surface area contributed by atoms with Crippen molar-refractivity contribution in [1.29, 1.82) is 0 Å². The highest BCUT2D eigenvalue weighted by atomic mass is 79.9. The lowest BCUT2D eigenvalue weighted by molar-refractivity contribution is 0.102. The standard InChI is InChI=1S/C19H17BrFN3O/c1-12-7-8-13(2)15(9-12)19(25)22-18-16(20)11-24(23-18)10-14-5-3-4-6-17(14)21/h3-9,11H,10H2,1-2H3,(H,22,23,25). The van der Waals surface area contributed by atoms with Crippen molar-refractivity contribution in [3.63, 3.8) is 0 Å². The van der Waals surface area contributed by atoms with E-state index in [0.29, 0.717) is 21.4 Å². The minimum atomic E-state index is -0.282. The van der Waals surface area contributed by atoms with Gasteiger partial charge in [0.1, 0.15) is 5.82 Å². The highest BCUT2D eigenvalue weighted by Crippen LogP contribution is 2.22. The number of aromatic nitrogens is 2. The van der Waals surface area contributed by atoms with Gasteiger partial charge < -0.3 is 5.32 Å². The molecule has 0 aliphatic carbocycles. The molecule has 3 aromatic rings.